The molecule has 8 heteroatoms. The predicted molar refractivity (Wildman–Crippen MR) is 106 cm³/mol. The number of alkyl halides is 3. The number of halogens is 3. The number of aliphatic carboxylic acids is 1. The van der Waals surface area contributed by atoms with Crippen molar-refractivity contribution in [2.24, 2.45) is 0 Å². The highest BCUT2D eigenvalue weighted by atomic mass is 19.4. The molecule has 5 nitrogen and oxygen atoms in total. The van der Waals surface area contributed by atoms with Crippen LogP contribution in [-0.4, -0.2) is 29.7 Å². The maximum absolute atomic E-state index is 12.6. The Kier molecular flexibility index (Phi) is 6.25. The summed E-state index contributed by atoms with van der Waals surface area (Å²) in [5.41, 5.74) is 1.66. The van der Waals surface area contributed by atoms with Crippen LogP contribution in [0.2, 0.25) is 0 Å². The van der Waals surface area contributed by atoms with Crippen LogP contribution < -0.4 is 9.64 Å². The number of rotatable bonds is 7. The van der Waals surface area contributed by atoms with Crippen LogP contribution in [0.3, 0.4) is 0 Å². The molecule has 3 rings (SSSR count). The number of hydrogen-bond acceptors (Lipinski definition) is 4. The van der Waals surface area contributed by atoms with Gasteiger partial charge in [0.25, 0.3) is 0 Å². The fraction of sp³-hybridized carbons (Fsp3) is 0.182. The van der Waals surface area contributed by atoms with Crippen molar-refractivity contribution in [1.82, 2.24) is 4.98 Å². The van der Waals surface area contributed by atoms with Gasteiger partial charge in [0.2, 0.25) is 5.88 Å². The quantitative estimate of drug-likeness (QED) is 0.587. The molecule has 3 aromatic rings. The number of hydrogen-bond donors (Lipinski definition) is 1. The first-order valence-electron chi connectivity index (χ1n) is 9.02. The number of carboxylic acids is 1. The highest BCUT2D eigenvalue weighted by molar-refractivity contribution is 5.73. The number of benzene rings is 2. The molecule has 0 aliphatic carbocycles. The molecule has 1 N–H and O–H groups in total. The largest absolute Gasteiger partial charge is 0.480 e. The Labute approximate surface area is 171 Å². The summed E-state index contributed by atoms with van der Waals surface area (Å²) in [5, 5.41) is 8.83. The van der Waals surface area contributed by atoms with Gasteiger partial charge in [0.05, 0.1) is 5.56 Å². The lowest BCUT2D eigenvalue weighted by molar-refractivity contribution is -0.137. The lowest BCUT2D eigenvalue weighted by atomic mass is 10.0. The number of carbonyl (C=O) groups is 1. The van der Waals surface area contributed by atoms with Crippen LogP contribution in [0.1, 0.15) is 16.7 Å². The molecule has 0 amide bonds. The summed E-state index contributed by atoms with van der Waals surface area (Å²) < 4.78 is 43.6. The highest BCUT2D eigenvalue weighted by Gasteiger charge is 2.29. The van der Waals surface area contributed by atoms with Gasteiger partial charge in [-0.2, -0.15) is 13.2 Å². The normalized spacial score (nSPS) is 11.2. The number of pyridine rings is 1. The predicted octanol–water partition coefficient (Wildman–Crippen LogP) is 5.00. The smallest absolute Gasteiger partial charge is 0.416 e. The minimum absolute atomic E-state index is 0.109. The molecule has 2 aromatic carbocycles. The molecule has 0 unspecified atom stereocenters. The molecule has 30 heavy (non-hydrogen) atoms. The molecule has 0 spiro atoms. The van der Waals surface area contributed by atoms with Gasteiger partial charge in [-0.25, -0.2) is 4.98 Å². The zero-order chi connectivity index (χ0) is 21.7. The first kappa shape index (κ1) is 21.2. The van der Waals surface area contributed by atoms with E-state index in [1.807, 2.05) is 0 Å². The van der Waals surface area contributed by atoms with Crippen LogP contribution in [0.25, 0.3) is 0 Å². The van der Waals surface area contributed by atoms with Crippen molar-refractivity contribution in [3.05, 3.63) is 83.6 Å². The fourth-order valence-electron chi connectivity index (χ4n) is 2.81. The molecular formula is C22H19F3N2O3. The molecule has 156 valence electrons. The zero-order valence-corrected chi connectivity index (χ0v) is 16.1. The van der Waals surface area contributed by atoms with E-state index >= 15 is 0 Å². The molecule has 0 fully saturated rings. The second kappa shape index (κ2) is 8.86. The SMILES string of the molecule is CN(CC(=O)O)c1ccc(Oc2ccc(Cc3ccc(C(F)(F)F)cc3)cn2)cc1. The third-order valence-corrected chi connectivity index (χ3v) is 4.36. The number of ether oxygens (including phenoxy) is 1. The van der Waals surface area contributed by atoms with Gasteiger partial charge < -0.3 is 14.7 Å². The van der Waals surface area contributed by atoms with E-state index in [1.165, 1.54) is 12.1 Å². The number of carboxylic acid groups (broad SMARTS) is 1. The molecule has 0 saturated carbocycles. The number of anilines is 1. The van der Waals surface area contributed by atoms with Gasteiger partial charge >= 0.3 is 12.1 Å². The van der Waals surface area contributed by atoms with E-state index < -0.39 is 17.7 Å². The molecule has 0 bridgehead atoms. The van der Waals surface area contributed by atoms with E-state index in [4.69, 9.17) is 9.84 Å². The van der Waals surface area contributed by atoms with Gasteiger partial charge in [-0.15, -0.1) is 0 Å². The van der Waals surface area contributed by atoms with Crippen LogP contribution >= 0.6 is 0 Å². The Morgan fingerprint density at radius 1 is 1.00 bits per heavy atom. The summed E-state index contributed by atoms with van der Waals surface area (Å²) in [6, 6.07) is 15.5. The van der Waals surface area contributed by atoms with Gasteiger partial charge in [0.15, 0.2) is 0 Å². The van der Waals surface area contributed by atoms with Crippen LogP contribution in [0.5, 0.6) is 11.6 Å². The van der Waals surface area contributed by atoms with E-state index in [0.717, 1.165) is 28.9 Å². The van der Waals surface area contributed by atoms with Crippen molar-refractivity contribution in [2.45, 2.75) is 12.6 Å². The van der Waals surface area contributed by atoms with E-state index in [0.29, 0.717) is 18.1 Å². The van der Waals surface area contributed by atoms with Gasteiger partial charge in [-0.05, 0) is 53.9 Å². The highest BCUT2D eigenvalue weighted by Crippen LogP contribution is 2.29. The Bertz CT molecular complexity index is 986. The minimum atomic E-state index is -4.34. The average Bonchev–Trinajstić information content (AvgIpc) is 2.69. The van der Waals surface area contributed by atoms with Crippen molar-refractivity contribution in [3.63, 3.8) is 0 Å². The molecule has 1 heterocycles. The van der Waals surface area contributed by atoms with E-state index in [-0.39, 0.29) is 6.54 Å². The topological polar surface area (TPSA) is 62.7 Å². The molecular weight excluding hydrogens is 397 g/mol. The number of likely N-dealkylation sites (N-methyl/N-ethyl adjacent to an activating group) is 1. The Morgan fingerprint density at radius 2 is 1.63 bits per heavy atom. The molecule has 1 aromatic heterocycles. The van der Waals surface area contributed by atoms with Gasteiger partial charge in [0, 0.05) is 25.0 Å². The Morgan fingerprint density at radius 3 is 2.17 bits per heavy atom. The average molecular weight is 416 g/mol. The van der Waals surface area contributed by atoms with Crippen LogP contribution in [-0.2, 0) is 17.4 Å². The van der Waals surface area contributed by atoms with Gasteiger partial charge in [-0.1, -0.05) is 18.2 Å². The molecule has 0 aliphatic heterocycles. The van der Waals surface area contributed by atoms with Crippen molar-refractivity contribution < 1.29 is 27.8 Å². The fourth-order valence-corrected chi connectivity index (χ4v) is 2.81. The van der Waals surface area contributed by atoms with E-state index in [1.54, 1.807) is 54.5 Å². The molecule has 0 radical (unpaired) electrons. The first-order valence-corrected chi connectivity index (χ1v) is 9.02. The minimum Gasteiger partial charge on any atom is -0.480 e. The summed E-state index contributed by atoms with van der Waals surface area (Å²) >= 11 is 0. The lowest BCUT2D eigenvalue weighted by Crippen LogP contribution is -2.24. The summed E-state index contributed by atoms with van der Waals surface area (Å²) in [6.07, 6.45) is -2.28. The van der Waals surface area contributed by atoms with Gasteiger partial charge in [0.1, 0.15) is 12.3 Å². The summed E-state index contributed by atoms with van der Waals surface area (Å²) in [5.74, 6) is 0.00156. The second-order valence-corrected chi connectivity index (χ2v) is 6.72. The van der Waals surface area contributed by atoms with Crippen LogP contribution in [0.15, 0.2) is 66.9 Å². The zero-order valence-electron chi connectivity index (χ0n) is 16.1. The van der Waals surface area contributed by atoms with Crippen molar-refractivity contribution in [2.75, 3.05) is 18.5 Å². The first-order chi connectivity index (χ1) is 14.2. The lowest BCUT2D eigenvalue weighted by Gasteiger charge is -2.16. The van der Waals surface area contributed by atoms with E-state index in [2.05, 4.69) is 4.98 Å². The molecule has 0 aliphatic rings. The van der Waals surface area contributed by atoms with Crippen molar-refractivity contribution in [3.8, 4) is 11.6 Å². The maximum Gasteiger partial charge on any atom is 0.416 e. The maximum atomic E-state index is 12.6. The Hall–Kier alpha value is -3.55. The van der Waals surface area contributed by atoms with Crippen LogP contribution in [0.4, 0.5) is 18.9 Å². The number of nitrogens with zero attached hydrogens (tertiary/aromatic N) is 2. The summed E-state index contributed by atoms with van der Waals surface area (Å²) in [7, 11) is 1.68. The third kappa shape index (κ3) is 5.73. The summed E-state index contributed by atoms with van der Waals surface area (Å²) in [6.45, 7) is -0.109. The van der Waals surface area contributed by atoms with Gasteiger partial charge in [-0.3, -0.25) is 4.79 Å². The van der Waals surface area contributed by atoms with Crippen LogP contribution in [0, 0.1) is 0 Å². The molecule has 0 saturated heterocycles. The van der Waals surface area contributed by atoms with Crippen molar-refractivity contribution >= 4 is 11.7 Å². The summed E-state index contributed by atoms with van der Waals surface area (Å²) in [4.78, 5) is 16.6. The third-order valence-electron chi connectivity index (χ3n) is 4.36. The van der Waals surface area contributed by atoms with Crippen molar-refractivity contribution in [1.29, 1.82) is 0 Å². The monoisotopic (exact) mass is 416 g/mol. The standard InChI is InChI=1S/C22H19F3N2O3/c1-27(14-21(28)29)18-7-9-19(10-8-18)30-20-11-4-16(13-26-20)12-15-2-5-17(6-3-15)22(23,24)25/h2-11,13H,12,14H2,1H3,(H,28,29). The Balaban J connectivity index is 1.60. The second-order valence-electron chi connectivity index (χ2n) is 6.72. The molecule has 0 atom stereocenters. The number of aromatic nitrogens is 1. The van der Waals surface area contributed by atoms with E-state index in [9.17, 15) is 18.0 Å².